The van der Waals surface area contributed by atoms with Crippen LogP contribution in [0.3, 0.4) is 0 Å². The summed E-state index contributed by atoms with van der Waals surface area (Å²) in [4.78, 5) is 8.85. The van der Waals surface area contributed by atoms with E-state index in [9.17, 15) is 0 Å². The highest BCUT2D eigenvalue weighted by Crippen LogP contribution is 2.40. The Labute approximate surface area is 103 Å². The molecule has 0 saturated heterocycles. The molecule has 1 heterocycles. The van der Waals surface area contributed by atoms with E-state index in [-0.39, 0.29) is 0 Å². The number of aromatic nitrogens is 2. The van der Waals surface area contributed by atoms with Crippen molar-refractivity contribution in [3.63, 3.8) is 0 Å². The van der Waals surface area contributed by atoms with Crippen molar-refractivity contribution in [3.05, 3.63) is 46.8 Å². The summed E-state index contributed by atoms with van der Waals surface area (Å²) >= 11 is 3.38. The lowest BCUT2D eigenvalue weighted by Crippen LogP contribution is -1.93. The minimum absolute atomic E-state index is 0.654. The minimum Gasteiger partial charge on any atom is -0.227 e. The molecular formula is C13H11BrN2. The van der Waals surface area contributed by atoms with Crippen LogP contribution < -0.4 is 0 Å². The molecule has 80 valence electrons. The van der Waals surface area contributed by atoms with Crippen LogP contribution in [0.25, 0.3) is 11.3 Å². The van der Waals surface area contributed by atoms with Gasteiger partial charge in [-0.05, 0) is 34.8 Å². The number of benzene rings is 1. The third-order valence-electron chi connectivity index (χ3n) is 2.78. The summed E-state index contributed by atoms with van der Waals surface area (Å²) < 4.78 is 0.691. The van der Waals surface area contributed by atoms with E-state index in [2.05, 4.69) is 44.1 Å². The van der Waals surface area contributed by atoms with Gasteiger partial charge in [0.05, 0.1) is 5.69 Å². The van der Waals surface area contributed by atoms with Crippen LogP contribution in [-0.4, -0.2) is 9.97 Å². The van der Waals surface area contributed by atoms with Gasteiger partial charge in [0.1, 0.15) is 0 Å². The topological polar surface area (TPSA) is 25.8 Å². The standard InChI is InChI=1S/C13H11BrN2/c14-13-15-11(9-4-2-1-3-5-9)8-12(16-13)10-6-7-10/h1-5,8,10H,6-7H2. The quantitative estimate of drug-likeness (QED) is 0.779. The molecule has 1 aliphatic carbocycles. The Hall–Kier alpha value is -1.22. The Balaban J connectivity index is 2.06. The third-order valence-corrected chi connectivity index (χ3v) is 3.14. The van der Waals surface area contributed by atoms with Crippen molar-refractivity contribution in [2.75, 3.05) is 0 Å². The van der Waals surface area contributed by atoms with E-state index in [1.54, 1.807) is 0 Å². The Bertz CT molecular complexity index is 507. The molecule has 0 unspecified atom stereocenters. The molecule has 1 aliphatic rings. The maximum atomic E-state index is 4.43. The maximum absolute atomic E-state index is 4.43. The van der Waals surface area contributed by atoms with Crippen LogP contribution in [0.15, 0.2) is 41.1 Å². The van der Waals surface area contributed by atoms with E-state index in [1.807, 2.05) is 18.2 Å². The molecule has 0 aliphatic heterocycles. The lowest BCUT2D eigenvalue weighted by Gasteiger charge is -2.04. The van der Waals surface area contributed by atoms with Gasteiger partial charge in [0, 0.05) is 17.2 Å². The fraction of sp³-hybridized carbons (Fsp3) is 0.231. The zero-order valence-electron chi connectivity index (χ0n) is 8.73. The zero-order chi connectivity index (χ0) is 11.0. The SMILES string of the molecule is Brc1nc(-c2ccccc2)cc(C2CC2)n1. The first-order valence-electron chi connectivity index (χ1n) is 5.43. The van der Waals surface area contributed by atoms with Crippen molar-refractivity contribution in [2.24, 2.45) is 0 Å². The fourth-order valence-corrected chi connectivity index (χ4v) is 2.18. The molecular weight excluding hydrogens is 264 g/mol. The maximum Gasteiger partial charge on any atom is 0.197 e. The fourth-order valence-electron chi connectivity index (χ4n) is 1.78. The Morgan fingerprint density at radius 3 is 2.50 bits per heavy atom. The lowest BCUT2D eigenvalue weighted by molar-refractivity contribution is 0.966. The molecule has 3 rings (SSSR count). The van der Waals surface area contributed by atoms with Crippen molar-refractivity contribution in [2.45, 2.75) is 18.8 Å². The average Bonchev–Trinajstić information content (AvgIpc) is 3.13. The summed E-state index contributed by atoms with van der Waals surface area (Å²) in [5.41, 5.74) is 3.32. The highest BCUT2D eigenvalue weighted by Gasteiger charge is 2.25. The minimum atomic E-state index is 0.654. The number of hydrogen-bond donors (Lipinski definition) is 0. The second-order valence-electron chi connectivity index (χ2n) is 4.09. The first kappa shape index (κ1) is 9.97. The second kappa shape index (κ2) is 3.98. The van der Waals surface area contributed by atoms with E-state index in [0.717, 1.165) is 11.3 Å². The number of nitrogens with zero attached hydrogens (tertiary/aromatic N) is 2. The van der Waals surface area contributed by atoms with Crippen molar-refractivity contribution in [1.29, 1.82) is 0 Å². The van der Waals surface area contributed by atoms with Crippen LogP contribution in [-0.2, 0) is 0 Å². The van der Waals surface area contributed by atoms with E-state index in [1.165, 1.54) is 18.5 Å². The summed E-state index contributed by atoms with van der Waals surface area (Å²) in [5.74, 6) is 0.654. The predicted octanol–water partition coefficient (Wildman–Crippen LogP) is 3.78. The molecule has 1 fully saturated rings. The molecule has 3 heteroatoms. The molecule has 0 N–H and O–H groups in total. The summed E-state index contributed by atoms with van der Waals surface area (Å²) in [6, 6.07) is 12.3. The van der Waals surface area contributed by atoms with Gasteiger partial charge in [-0.1, -0.05) is 30.3 Å². The van der Waals surface area contributed by atoms with Gasteiger partial charge in [0.2, 0.25) is 0 Å². The van der Waals surface area contributed by atoms with Crippen molar-refractivity contribution >= 4 is 15.9 Å². The zero-order valence-corrected chi connectivity index (χ0v) is 10.3. The summed E-state index contributed by atoms with van der Waals surface area (Å²) in [7, 11) is 0. The first-order valence-corrected chi connectivity index (χ1v) is 6.22. The van der Waals surface area contributed by atoms with Gasteiger partial charge in [0.15, 0.2) is 4.73 Å². The van der Waals surface area contributed by atoms with Gasteiger partial charge in [0.25, 0.3) is 0 Å². The molecule has 0 amide bonds. The smallest absolute Gasteiger partial charge is 0.197 e. The van der Waals surface area contributed by atoms with Crippen LogP contribution in [0.5, 0.6) is 0 Å². The van der Waals surface area contributed by atoms with E-state index < -0.39 is 0 Å². The number of halogens is 1. The number of rotatable bonds is 2. The van der Waals surface area contributed by atoms with Crippen LogP contribution in [0, 0.1) is 0 Å². The van der Waals surface area contributed by atoms with Gasteiger partial charge in [-0.3, -0.25) is 0 Å². The predicted molar refractivity (Wildman–Crippen MR) is 67.1 cm³/mol. The molecule has 0 bridgehead atoms. The summed E-state index contributed by atoms with van der Waals surface area (Å²) in [5, 5.41) is 0. The molecule has 16 heavy (non-hydrogen) atoms. The van der Waals surface area contributed by atoms with E-state index >= 15 is 0 Å². The molecule has 2 nitrogen and oxygen atoms in total. The molecule has 1 aromatic carbocycles. The summed E-state index contributed by atoms with van der Waals surface area (Å²) in [6.45, 7) is 0. The Morgan fingerprint density at radius 1 is 1.06 bits per heavy atom. The highest BCUT2D eigenvalue weighted by atomic mass is 79.9. The van der Waals surface area contributed by atoms with Crippen LogP contribution in [0.2, 0.25) is 0 Å². The molecule has 0 atom stereocenters. The van der Waals surface area contributed by atoms with Gasteiger partial charge in [-0.25, -0.2) is 9.97 Å². The van der Waals surface area contributed by atoms with Crippen molar-refractivity contribution < 1.29 is 0 Å². The van der Waals surface area contributed by atoms with Gasteiger partial charge in [-0.15, -0.1) is 0 Å². The van der Waals surface area contributed by atoms with E-state index in [4.69, 9.17) is 0 Å². The normalized spacial score (nSPS) is 15.1. The van der Waals surface area contributed by atoms with Gasteiger partial charge in [-0.2, -0.15) is 0 Å². The Morgan fingerprint density at radius 2 is 1.81 bits per heavy atom. The monoisotopic (exact) mass is 274 g/mol. The van der Waals surface area contributed by atoms with E-state index in [0.29, 0.717) is 10.7 Å². The molecule has 0 spiro atoms. The van der Waals surface area contributed by atoms with Crippen molar-refractivity contribution in [1.82, 2.24) is 9.97 Å². The molecule has 2 aromatic rings. The first-order chi connectivity index (χ1) is 7.83. The highest BCUT2D eigenvalue weighted by molar-refractivity contribution is 9.10. The summed E-state index contributed by atoms with van der Waals surface area (Å²) in [6.07, 6.45) is 2.52. The molecule has 1 saturated carbocycles. The second-order valence-corrected chi connectivity index (χ2v) is 4.80. The van der Waals surface area contributed by atoms with Crippen LogP contribution in [0.4, 0.5) is 0 Å². The third kappa shape index (κ3) is 2.00. The van der Waals surface area contributed by atoms with Crippen LogP contribution >= 0.6 is 15.9 Å². The Kier molecular flexibility index (Phi) is 2.48. The average molecular weight is 275 g/mol. The largest absolute Gasteiger partial charge is 0.227 e. The molecule has 1 aromatic heterocycles. The van der Waals surface area contributed by atoms with Gasteiger partial charge < -0.3 is 0 Å². The lowest BCUT2D eigenvalue weighted by atomic mass is 10.1. The molecule has 0 radical (unpaired) electrons. The van der Waals surface area contributed by atoms with Crippen molar-refractivity contribution in [3.8, 4) is 11.3 Å². The van der Waals surface area contributed by atoms with Crippen LogP contribution in [0.1, 0.15) is 24.5 Å². The van der Waals surface area contributed by atoms with Gasteiger partial charge >= 0.3 is 0 Å². The number of hydrogen-bond acceptors (Lipinski definition) is 2.